The summed E-state index contributed by atoms with van der Waals surface area (Å²) in [5.74, 6) is -1.19. The molecule has 0 saturated carbocycles. The molecule has 2 N–H and O–H groups in total. The third kappa shape index (κ3) is 4.14. The van der Waals surface area contributed by atoms with Gasteiger partial charge < -0.3 is 10.4 Å². The number of carboxylic acids is 1. The van der Waals surface area contributed by atoms with E-state index in [9.17, 15) is 9.59 Å². The van der Waals surface area contributed by atoms with Crippen LogP contribution in [0.25, 0.3) is 0 Å². The lowest BCUT2D eigenvalue weighted by Crippen LogP contribution is -2.52. The molecule has 0 aromatic carbocycles. The van der Waals surface area contributed by atoms with Crippen LogP contribution in [0.2, 0.25) is 0 Å². The largest absolute Gasteiger partial charge is 0.480 e. The van der Waals surface area contributed by atoms with E-state index < -0.39 is 11.5 Å². The third-order valence-electron chi connectivity index (χ3n) is 2.86. The highest BCUT2D eigenvalue weighted by atomic mass is 32.1. The number of carbonyl (C=O) groups is 2. The minimum absolute atomic E-state index is 0.209. The zero-order valence-corrected chi connectivity index (χ0v) is 11.5. The highest BCUT2D eigenvalue weighted by Gasteiger charge is 2.33. The van der Waals surface area contributed by atoms with Crippen LogP contribution in [0, 0.1) is 0 Å². The molecule has 0 aliphatic heterocycles. The van der Waals surface area contributed by atoms with Gasteiger partial charge in [-0.2, -0.15) is 11.3 Å². The van der Waals surface area contributed by atoms with E-state index >= 15 is 0 Å². The molecule has 100 valence electrons. The minimum Gasteiger partial charge on any atom is -0.480 e. The molecule has 0 fully saturated rings. The number of nitrogens with one attached hydrogen (secondary N) is 1. The first-order chi connectivity index (χ1) is 8.48. The van der Waals surface area contributed by atoms with Gasteiger partial charge in [-0.3, -0.25) is 4.79 Å². The van der Waals surface area contributed by atoms with E-state index in [2.05, 4.69) is 5.32 Å². The molecule has 0 saturated heterocycles. The Morgan fingerprint density at radius 2 is 2.22 bits per heavy atom. The van der Waals surface area contributed by atoms with Gasteiger partial charge in [0.15, 0.2) is 0 Å². The Kier molecular flexibility index (Phi) is 5.34. The summed E-state index contributed by atoms with van der Waals surface area (Å²) in [6.45, 7) is 3.46. The average Bonchev–Trinajstić information content (AvgIpc) is 2.79. The van der Waals surface area contributed by atoms with Crippen LogP contribution in [0.5, 0.6) is 0 Å². The lowest BCUT2D eigenvalue weighted by atomic mass is 9.96. The van der Waals surface area contributed by atoms with Crippen LogP contribution in [0.3, 0.4) is 0 Å². The summed E-state index contributed by atoms with van der Waals surface area (Å²) in [6, 6.07) is 1.97. The van der Waals surface area contributed by atoms with Crippen LogP contribution in [0.15, 0.2) is 16.8 Å². The summed E-state index contributed by atoms with van der Waals surface area (Å²) < 4.78 is 0. The van der Waals surface area contributed by atoms with Gasteiger partial charge in [0.25, 0.3) is 0 Å². The first-order valence-corrected chi connectivity index (χ1v) is 6.97. The van der Waals surface area contributed by atoms with Gasteiger partial charge in [-0.15, -0.1) is 0 Å². The van der Waals surface area contributed by atoms with Crippen molar-refractivity contribution in [3.63, 3.8) is 0 Å². The second kappa shape index (κ2) is 6.54. The number of aliphatic carboxylic acids is 1. The molecule has 1 rings (SSSR count). The van der Waals surface area contributed by atoms with Crippen LogP contribution in [-0.4, -0.2) is 22.5 Å². The Morgan fingerprint density at radius 1 is 1.50 bits per heavy atom. The fraction of sp³-hybridized carbons (Fsp3) is 0.538. The van der Waals surface area contributed by atoms with Crippen LogP contribution in [0.1, 0.15) is 38.7 Å². The normalized spacial score (nSPS) is 13.9. The number of amides is 1. The SMILES string of the molecule is CCCC(C)(NC(=O)CCc1ccsc1)C(=O)O. The number of hydrogen-bond donors (Lipinski definition) is 2. The fourth-order valence-electron chi connectivity index (χ4n) is 1.79. The maximum absolute atomic E-state index is 11.8. The summed E-state index contributed by atoms with van der Waals surface area (Å²) in [7, 11) is 0. The van der Waals surface area contributed by atoms with Crippen molar-refractivity contribution in [1.82, 2.24) is 5.32 Å². The van der Waals surface area contributed by atoms with Crippen LogP contribution in [0.4, 0.5) is 0 Å². The Morgan fingerprint density at radius 3 is 2.72 bits per heavy atom. The number of rotatable bonds is 7. The molecular formula is C13H19NO3S. The molecule has 1 aromatic heterocycles. The van der Waals surface area contributed by atoms with Gasteiger partial charge in [0, 0.05) is 6.42 Å². The summed E-state index contributed by atoms with van der Waals surface area (Å²) in [5.41, 5.74) is -0.0387. The van der Waals surface area contributed by atoms with Gasteiger partial charge in [0.05, 0.1) is 0 Å². The standard InChI is InChI=1S/C13H19NO3S/c1-3-7-13(2,12(16)17)14-11(15)5-4-10-6-8-18-9-10/h6,8-9H,3-5,7H2,1-2H3,(H,14,15)(H,16,17). The van der Waals surface area contributed by atoms with Crippen molar-refractivity contribution in [2.75, 3.05) is 0 Å². The van der Waals surface area contributed by atoms with Crippen molar-refractivity contribution < 1.29 is 14.7 Å². The molecule has 1 heterocycles. The molecule has 1 aromatic rings. The molecular weight excluding hydrogens is 250 g/mol. The summed E-state index contributed by atoms with van der Waals surface area (Å²) >= 11 is 1.59. The van der Waals surface area contributed by atoms with Gasteiger partial charge in [-0.05, 0) is 42.2 Å². The molecule has 1 unspecified atom stereocenters. The highest BCUT2D eigenvalue weighted by molar-refractivity contribution is 7.07. The second-order valence-electron chi connectivity index (χ2n) is 4.57. The summed E-state index contributed by atoms with van der Waals surface area (Å²) in [5, 5.41) is 15.7. The molecule has 4 nitrogen and oxygen atoms in total. The van der Waals surface area contributed by atoms with Gasteiger partial charge in [0.2, 0.25) is 5.91 Å². The predicted molar refractivity (Wildman–Crippen MR) is 71.7 cm³/mol. The number of carbonyl (C=O) groups excluding carboxylic acids is 1. The summed E-state index contributed by atoms with van der Waals surface area (Å²) in [6.07, 6.45) is 2.13. The lowest BCUT2D eigenvalue weighted by molar-refractivity contribution is -0.147. The van der Waals surface area contributed by atoms with E-state index in [0.717, 1.165) is 5.56 Å². The molecule has 0 bridgehead atoms. The highest BCUT2D eigenvalue weighted by Crippen LogP contribution is 2.14. The van der Waals surface area contributed by atoms with E-state index in [1.54, 1.807) is 18.3 Å². The van der Waals surface area contributed by atoms with Gasteiger partial charge in [-0.1, -0.05) is 13.3 Å². The number of hydrogen-bond acceptors (Lipinski definition) is 3. The van der Waals surface area contributed by atoms with Gasteiger partial charge in [-0.25, -0.2) is 4.79 Å². The maximum atomic E-state index is 11.8. The van der Waals surface area contributed by atoms with E-state index in [-0.39, 0.29) is 5.91 Å². The fourth-order valence-corrected chi connectivity index (χ4v) is 2.49. The van der Waals surface area contributed by atoms with Crippen molar-refractivity contribution in [2.45, 2.75) is 45.1 Å². The van der Waals surface area contributed by atoms with Crippen LogP contribution >= 0.6 is 11.3 Å². The molecule has 0 radical (unpaired) electrons. The van der Waals surface area contributed by atoms with Crippen molar-refractivity contribution in [1.29, 1.82) is 0 Å². The van der Waals surface area contributed by atoms with E-state index in [0.29, 0.717) is 25.7 Å². The van der Waals surface area contributed by atoms with Crippen molar-refractivity contribution in [3.8, 4) is 0 Å². The van der Waals surface area contributed by atoms with Crippen molar-refractivity contribution in [2.24, 2.45) is 0 Å². The van der Waals surface area contributed by atoms with Crippen LogP contribution < -0.4 is 5.32 Å². The van der Waals surface area contributed by atoms with Crippen LogP contribution in [-0.2, 0) is 16.0 Å². The Labute approximate surface area is 111 Å². The molecule has 1 atom stereocenters. The van der Waals surface area contributed by atoms with E-state index in [1.165, 1.54) is 0 Å². The number of carboxylic acid groups (broad SMARTS) is 1. The first-order valence-electron chi connectivity index (χ1n) is 6.03. The zero-order valence-electron chi connectivity index (χ0n) is 10.7. The molecule has 0 aliphatic rings. The molecule has 5 heteroatoms. The quantitative estimate of drug-likeness (QED) is 0.799. The smallest absolute Gasteiger partial charge is 0.329 e. The van der Waals surface area contributed by atoms with E-state index in [4.69, 9.17) is 5.11 Å². The monoisotopic (exact) mass is 269 g/mol. The topological polar surface area (TPSA) is 66.4 Å². The Balaban J connectivity index is 2.49. The second-order valence-corrected chi connectivity index (χ2v) is 5.35. The molecule has 1 amide bonds. The van der Waals surface area contributed by atoms with Gasteiger partial charge in [0.1, 0.15) is 5.54 Å². The van der Waals surface area contributed by atoms with Gasteiger partial charge >= 0.3 is 5.97 Å². The average molecular weight is 269 g/mol. The minimum atomic E-state index is -1.15. The number of aryl methyl sites for hydroxylation is 1. The molecule has 0 aliphatic carbocycles. The van der Waals surface area contributed by atoms with Crippen molar-refractivity contribution in [3.05, 3.63) is 22.4 Å². The summed E-state index contributed by atoms with van der Waals surface area (Å²) in [4.78, 5) is 22.9. The maximum Gasteiger partial charge on any atom is 0.329 e. The number of thiophene rings is 1. The molecule has 0 spiro atoms. The first kappa shape index (κ1) is 14.7. The van der Waals surface area contributed by atoms with Crippen molar-refractivity contribution >= 4 is 23.2 Å². The Bertz CT molecular complexity index is 402. The molecule has 18 heavy (non-hydrogen) atoms. The Hall–Kier alpha value is -1.36. The van der Waals surface area contributed by atoms with E-state index in [1.807, 2.05) is 23.8 Å². The predicted octanol–water partition coefficient (Wildman–Crippen LogP) is 2.44. The zero-order chi connectivity index (χ0) is 13.6. The third-order valence-corrected chi connectivity index (χ3v) is 3.59. The lowest BCUT2D eigenvalue weighted by Gasteiger charge is -2.25.